The number of carbonyl (C=O) groups is 2. The van der Waals surface area contributed by atoms with Crippen LogP contribution in [0.15, 0.2) is 35.2 Å². The minimum absolute atomic E-state index is 0.101. The van der Waals surface area contributed by atoms with Gasteiger partial charge in [0.15, 0.2) is 0 Å². The molecule has 0 aliphatic carbocycles. The first-order valence-electron chi connectivity index (χ1n) is 10.3. The molecule has 0 radical (unpaired) electrons. The van der Waals surface area contributed by atoms with Crippen LogP contribution >= 0.6 is 11.3 Å². The minimum atomic E-state index is -0.657. The molecule has 1 aliphatic rings. The summed E-state index contributed by atoms with van der Waals surface area (Å²) in [6.07, 6.45) is 0.706. The second-order valence-corrected chi connectivity index (χ2v) is 8.86. The summed E-state index contributed by atoms with van der Waals surface area (Å²) in [6, 6.07) is 6.58. The van der Waals surface area contributed by atoms with Gasteiger partial charge in [-0.15, -0.1) is 11.3 Å². The Morgan fingerprint density at radius 2 is 1.94 bits per heavy atom. The number of Topliss-reactive ketones (excluding diaryl/α,β-unsaturated/α-hetero) is 1. The van der Waals surface area contributed by atoms with Gasteiger partial charge in [0.1, 0.15) is 11.5 Å². The number of likely N-dealkylation sites (tertiary alicyclic amines) is 1. The van der Waals surface area contributed by atoms with Gasteiger partial charge in [-0.1, -0.05) is 0 Å². The lowest BCUT2D eigenvalue weighted by atomic mass is 9.96. The molecule has 1 aliphatic heterocycles. The molecular formula is C24H29NO5S. The van der Waals surface area contributed by atoms with Crippen LogP contribution in [0.2, 0.25) is 0 Å². The van der Waals surface area contributed by atoms with Crippen molar-refractivity contribution in [1.29, 1.82) is 0 Å². The molecule has 1 aromatic carbocycles. The quantitative estimate of drug-likeness (QED) is 0.279. The van der Waals surface area contributed by atoms with Crippen LogP contribution < -0.4 is 4.74 Å². The molecule has 0 bridgehead atoms. The van der Waals surface area contributed by atoms with Gasteiger partial charge >= 0.3 is 0 Å². The predicted octanol–water partition coefficient (Wildman–Crippen LogP) is 4.61. The fourth-order valence-corrected chi connectivity index (χ4v) is 4.82. The van der Waals surface area contributed by atoms with Gasteiger partial charge in [-0.05, 0) is 74.9 Å². The molecule has 2 heterocycles. The smallest absolute Gasteiger partial charge is 0.295 e. The van der Waals surface area contributed by atoms with Crippen LogP contribution in [0.5, 0.6) is 5.75 Å². The first kappa shape index (κ1) is 23.0. The Morgan fingerprint density at radius 1 is 1.19 bits per heavy atom. The third kappa shape index (κ3) is 4.67. The number of hydrogen-bond acceptors (Lipinski definition) is 6. The monoisotopic (exact) mass is 443 g/mol. The van der Waals surface area contributed by atoms with Gasteiger partial charge in [0.2, 0.25) is 0 Å². The van der Waals surface area contributed by atoms with Gasteiger partial charge in [0.05, 0.1) is 24.8 Å². The van der Waals surface area contributed by atoms with E-state index in [0.29, 0.717) is 30.9 Å². The summed E-state index contributed by atoms with van der Waals surface area (Å²) in [7, 11) is 1.57. The Hall–Kier alpha value is -2.64. The molecule has 166 valence electrons. The average Bonchev–Trinajstić information content (AvgIpc) is 3.25. The number of ketones is 1. The molecule has 2 aromatic rings. The van der Waals surface area contributed by atoms with E-state index in [1.165, 1.54) is 11.3 Å². The molecule has 0 spiro atoms. The van der Waals surface area contributed by atoms with E-state index in [2.05, 4.69) is 0 Å². The summed E-state index contributed by atoms with van der Waals surface area (Å²) in [6.45, 7) is 8.57. The Morgan fingerprint density at radius 3 is 2.52 bits per heavy atom. The normalized spacial score (nSPS) is 18.3. The standard InChI is InChI=1S/C24H29NO5S/c1-14(2)30-11-6-10-25-20(23-15(3)9-12-31-23)19(22(27)24(25)28)21(26)18-8-7-17(29-5)13-16(18)4/h7-9,12-14,20,26H,6,10-11H2,1-5H3/b21-19+. The summed E-state index contributed by atoms with van der Waals surface area (Å²) >= 11 is 1.48. The van der Waals surface area contributed by atoms with E-state index in [0.717, 1.165) is 16.0 Å². The summed E-state index contributed by atoms with van der Waals surface area (Å²) in [4.78, 5) is 28.5. The molecule has 6 nitrogen and oxygen atoms in total. The van der Waals surface area contributed by atoms with Gasteiger partial charge in [-0.3, -0.25) is 9.59 Å². The highest BCUT2D eigenvalue weighted by atomic mass is 32.1. The lowest BCUT2D eigenvalue weighted by Gasteiger charge is -2.25. The van der Waals surface area contributed by atoms with E-state index < -0.39 is 17.7 Å². The number of methoxy groups -OCH3 is 1. The maximum Gasteiger partial charge on any atom is 0.295 e. The van der Waals surface area contributed by atoms with Gasteiger partial charge in [0, 0.05) is 23.6 Å². The molecule has 1 N–H and O–H groups in total. The highest BCUT2D eigenvalue weighted by Gasteiger charge is 2.46. The van der Waals surface area contributed by atoms with Crippen LogP contribution in [-0.2, 0) is 14.3 Å². The van der Waals surface area contributed by atoms with E-state index in [4.69, 9.17) is 9.47 Å². The molecule has 1 aromatic heterocycles. The fraction of sp³-hybridized carbons (Fsp3) is 0.417. The lowest BCUT2D eigenvalue weighted by molar-refractivity contribution is -0.140. The zero-order valence-corrected chi connectivity index (χ0v) is 19.4. The van der Waals surface area contributed by atoms with Gasteiger partial charge < -0.3 is 19.5 Å². The Balaban J connectivity index is 2.05. The SMILES string of the molecule is COc1ccc(/C(O)=C2\C(=O)C(=O)N(CCCOC(C)C)C2c2sccc2C)c(C)c1. The number of amides is 1. The maximum absolute atomic E-state index is 13.1. The van der Waals surface area contributed by atoms with Crippen LogP contribution in [0.3, 0.4) is 0 Å². The molecule has 3 rings (SSSR count). The Labute approximate surface area is 187 Å². The van der Waals surface area contributed by atoms with Crippen molar-refractivity contribution in [2.24, 2.45) is 0 Å². The molecule has 1 unspecified atom stereocenters. The van der Waals surface area contributed by atoms with Gasteiger partial charge in [0.25, 0.3) is 11.7 Å². The minimum Gasteiger partial charge on any atom is -0.507 e. The predicted molar refractivity (Wildman–Crippen MR) is 122 cm³/mol. The number of aliphatic hydroxyl groups is 1. The lowest BCUT2D eigenvalue weighted by Crippen LogP contribution is -2.31. The van der Waals surface area contributed by atoms with Crippen LogP contribution in [0, 0.1) is 13.8 Å². The molecular weight excluding hydrogens is 414 g/mol. The third-order valence-corrected chi connectivity index (χ3v) is 6.44. The number of carbonyl (C=O) groups excluding carboxylic acids is 2. The van der Waals surface area contributed by atoms with Crippen molar-refractivity contribution < 1.29 is 24.2 Å². The first-order chi connectivity index (χ1) is 14.8. The first-order valence-corrected chi connectivity index (χ1v) is 11.2. The van der Waals surface area contributed by atoms with Crippen molar-refractivity contribution in [3.8, 4) is 5.75 Å². The topological polar surface area (TPSA) is 76.1 Å². The van der Waals surface area contributed by atoms with E-state index in [9.17, 15) is 14.7 Å². The molecule has 0 saturated carbocycles. The number of thiophene rings is 1. The number of aliphatic hydroxyl groups excluding tert-OH is 1. The van der Waals surface area contributed by atoms with E-state index in [1.807, 2.05) is 39.1 Å². The summed E-state index contributed by atoms with van der Waals surface area (Å²) < 4.78 is 10.8. The zero-order chi connectivity index (χ0) is 22.7. The van der Waals surface area contributed by atoms with Crippen molar-refractivity contribution in [2.45, 2.75) is 46.3 Å². The largest absolute Gasteiger partial charge is 0.507 e. The summed E-state index contributed by atoms with van der Waals surface area (Å²) in [5.74, 6) is -0.743. The zero-order valence-electron chi connectivity index (χ0n) is 18.6. The molecule has 1 saturated heterocycles. The molecule has 7 heteroatoms. The van der Waals surface area contributed by atoms with Crippen molar-refractivity contribution in [3.63, 3.8) is 0 Å². The number of benzene rings is 1. The summed E-state index contributed by atoms with van der Waals surface area (Å²) in [5.41, 5.74) is 2.39. The number of ether oxygens (including phenoxy) is 2. The van der Waals surface area contributed by atoms with Gasteiger partial charge in [-0.2, -0.15) is 0 Å². The number of aryl methyl sites for hydroxylation is 2. The van der Waals surface area contributed by atoms with Crippen molar-refractivity contribution in [1.82, 2.24) is 4.90 Å². The van der Waals surface area contributed by atoms with Gasteiger partial charge in [-0.25, -0.2) is 0 Å². The third-order valence-electron chi connectivity index (χ3n) is 5.37. The number of hydrogen-bond donors (Lipinski definition) is 1. The van der Waals surface area contributed by atoms with E-state index in [-0.39, 0.29) is 17.4 Å². The van der Waals surface area contributed by atoms with Crippen molar-refractivity contribution in [3.05, 3.63) is 56.8 Å². The van der Waals surface area contributed by atoms with Crippen LogP contribution in [-0.4, -0.2) is 48.1 Å². The van der Waals surface area contributed by atoms with Crippen LogP contribution in [0.1, 0.15) is 47.9 Å². The number of nitrogens with zero attached hydrogens (tertiary/aromatic N) is 1. The fourth-order valence-electron chi connectivity index (χ4n) is 3.78. The summed E-state index contributed by atoms with van der Waals surface area (Å²) in [5, 5.41) is 13.1. The Bertz CT molecular complexity index is 1010. The second-order valence-electron chi connectivity index (χ2n) is 7.91. The molecule has 1 atom stereocenters. The average molecular weight is 444 g/mol. The van der Waals surface area contributed by atoms with Crippen molar-refractivity contribution >= 4 is 28.8 Å². The highest BCUT2D eigenvalue weighted by molar-refractivity contribution is 7.10. The Kier molecular flexibility index (Phi) is 7.18. The second kappa shape index (κ2) is 9.66. The van der Waals surface area contributed by atoms with Crippen molar-refractivity contribution in [2.75, 3.05) is 20.3 Å². The molecule has 1 amide bonds. The van der Waals surface area contributed by atoms with E-state index >= 15 is 0 Å². The van der Waals surface area contributed by atoms with Crippen LogP contribution in [0.25, 0.3) is 5.76 Å². The number of rotatable bonds is 8. The molecule has 1 fully saturated rings. The van der Waals surface area contributed by atoms with E-state index in [1.54, 1.807) is 30.2 Å². The maximum atomic E-state index is 13.1. The molecule has 31 heavy (non-hydrogen) atoms. The van der Waals surface area contributed by atoms with Crippen LogP contribution in [0.4, 0.5) is 0 Å². The highest BCUT2D eigenvalue weighted by Crippen LogP contribution is 2.43.